The number of carboxylic acid groups (broad SMARTS) is 1. The van der Waals surface area contributed by atoms with Crippen molar-refractivity contribution in [1.82, 2.24) is 5.32 Å². The molecule has 2 rings (SSSR count). The van der Waals surface area contributed by atoms with Crippen molar-refractivity contribution in [2.24, 2.45) is 0 Å². The number of alkyl carbamates (subject to hydrolysis) is 1. The largest absolute Gasteiger partial charge is 0.480 e. The second-order valence-electron chi connectivity index (χ2n) is 5.38. The molecule has 1 atom stereocenters. The van der Waals surface area contributed by atoms with Gasteiger partial charge in [0.2, 0.25) is 0 Å². The quantitative estimate of drug-likeness (QED) is 0.787. The van der Waals surface area contributed by atoms with Crippen LogP contribution in [-0.2, 0) is 22.6 Å². The van der Waals surface area contributed by atoms with Crippen LogP contribution in [0.15, 0.2) is 53.0 Å². The van der Waals surface area contributed by atoms with E-state index in [-0.39, 0.29) is 13.0 Å². The Hall–Kier alpha value is -2.34. The Kier molecular flexibility index (Phi) is 6.37. The highest BCUT2D eigenvalue weighted by atomic mass is 79.9. The molecular weight excluding hydrogens is 374 g/mol. The van der Waals surface area contributed by atoms with Crippen molar-refractivity contribution in [2.45, 2.75) is 26.0 Å². The number of ether oxygens (including phenoxy) is 1. The van der Waals surface area contributed by atoms with Crippen LogP contribution in [0.2, 0.25) is 0 Å². The standard InChI is InChI=1S/C18H18BrNO4/c1-12-9-14(7-8-15(12)19)10-16(17(21)22)20-18(23)24-11-13-5-3-2-4-6-13/h2-9,16H,10-11H2,1H3,(H,20,23)(H,21,22). The summed E-state index contributed by atoms with van der Waals surface area (Å²) in [7, 11) is 0. The highest BCUT2D eigenvalue weighted by Crippen LogP contribution is 2.18. The number of hydrogen-bond acceptors (Lipinski definition) is 3. The number of aliphatic carboxylic acids is 1. The molecule has 0 fully saturated rings. The van der Waals surface area contributed by atoms with Gasteiger partial charge in [-0.25, -0.2) is 9.59 Å². The van der Waals surface area contributed by atoms with Gasteiger partial charge < -0.3 is 15.2 Å². The minimum atomic E-state index is -1.10. The summed E-state index contributed by atoms with van der Waals surface area (Å²) in [6.45, 7) is 2.02. The lowest BCUT2D eigenvalue weighted by molar-refractivity contribution is -0.139. The maximum Gasteiger partial charge on any atom is 0.408 e. The molecule has 0 aromatic heterocycles. The van der Waals surface area contributed by atoms with Gasteiger partial charge in [-0.3, -0.25) is 0 Å². The molecule has 0 heterocycles. The van der Waals surface area contributed by atoms with Crippen LogP contribution in [0.1, 0.15) is 16.7 Å². The molecule has 126 valence electrons. The molecule has 0 saturated carbocycles. The molecule has 1 unspecified atom stereocenters. The minimum Gasteiger partial charge on any atom is -0.480 e. The molecule has 0 aliphatic heterocycles. The second kappa shape index (κ2) is 8.49. The predicted molar refractivity (Wildman–Crippen MR) is 93.8 cm³/mol. The number of carbonyl (C=O) groups is 2. The zero-order chi connectivity index (χ0) is 17.5. The summed E-state index contributed by atoms with van der Waals surface area (Å²) in [5, 5.41) is 11.7. The van der Waals surface area contributed by atoms with Gasteiger partial charge in [0.25, 0.3) is 0 Å². The monoisotopic (exact) mass is 391 g/mol. The van der Waals surface area contributed by atoms with E-state index in [9.17, 15) is 14.7 Å². The first-order chi connectivity index (χ1) is 11.5. The van der Waals surface area contributed by atoms with Gasteiger partial charge in [0.05, 0.1) is 0 Å². The summed E-state index contributed by atoms with van der Waals surface area (Å²) >= 11 is 3.40. The molecule has 0 radical (unpaired) electrons. The summed E-state index contributed by atoms with van der Waals surface area (Å²) in [4.78, 5) is 23.2. The maximum absolute atomic E-state index is 11.8. The number of amides is 1. The normalized spacial score (nSPS) is 11.6. The number of nitrogens with one attached hydrogen (secondary N) is 1. The van der Waals surface area contributed by atoms with Crippen molar-refractivity contribution in [2.75, 3.05) is 0 Å². The van der Waals surface area contributed by atoms with Gasteiger partial charge in [0, 0.05) is 10.9 Å². The van der Waals surface area contributed by atoms with Crippen LogP contribution in [0, 0.1) is 6.92 Å². The van der Waals surface area contributed by atoms with Gasteiger partial charge in [-0.15, -0.1) is 0 Å². The number of hydrogen-bond donors (Lipinski definition) is 2. The van der Waals surface area contributed by atoms with Crippen molar-refractivity contribution >= 4 is 28.0 Å². The summed E-state index contributed by atoms with van der Waals surface area (Å²) in [5.41, 5.74) is 2.66. The second-order valence-corrected chi connectivity index (χ2v) is 6.24. The first kappa shape index (κ1) is 18.0. The zero-order valence-corrected chi connectivity index (χ0v) is 14.7. The minimum absolute atomic E-state index is 0.0937. The molecule has 2 aromatic carbocycles. The average Bonchev–Trinajstić information content (AvgIpc) is 2.56. The van der Waals surface area contributed by atoms with E-state index in [2.05, 4.69) is 21.2 Å². The molecule has 0 spiro atoms. The van der Waals surface area contributed by atoms with E-state index >= 15 is 0 Å². The summed E-state index contributed by atoms with van der Waals surface area (Å²) in [6.07, 6.45) is -0.566. The van der Waals surface area contributed by atoms with E-state index in [4.69, 9.17) is 4.74 Å². The molecule has 0 aliphatic carbocycles. The number of carboxylic acids is 1. The fraction of sp³-hybridized carbons (Fsp3) is 0.222. The van der Waals surface area contributed by atoms with Crippen LogP contribution in [0.3, 0.4) is 0 Å². The molecular formula is C18H18BrNO4. The van der Waals surface area contributed by atoms with E-state index in [1.54, 1.807) is 0 Å². The van der Waals surface area contributed by atoms with Gasteiger partial charge in [-0.2, -0.15) is 0 Å². The third-order valence-electron chi connectivity index (χ3n) is 3.47. The number of aryl methyl sites for hydroxylation is 1. The van der Waals surface area contributed by atoms with Gasteiger partial charge in [-0.05, 0) is 29.7 Å². The van der Waals surface area contributed by atoms with E-state index in [0.717, 1.165) is 21.2 Å². The highest BCUT2D eigenvalue weighted by Gasteiger charge is 2.21. The maximum atomic E-state index is 11.8. The fourth-order valence-corrected chi connectivity index (χ4v) is 2.42. The lowest BCUT2D eigenvalue weighted by Crippen LogP contribution is -2.42. The van der Waals surface area contributed by atoms with Crippen LogP contribution in [-0.4, -0.2) is 23.2 Å². The SMILES string of the molecule is Cc1cc(CC(NC(=O)OCc2ccccc2)C(=O)O)ccc1Br. The van der Waals surface area contributed by atoms with Crippen molar-refractivity contribution < 1.29 is 19.4 Å². The topological polar surface area (TPSA) is 75.6 Å². The van der Waals surface area contributed by atoms with Crippen LogP contribution in [0.25, 0.3) is 0 Å². The molecule has 0 bridgehead atoms. The van der Waals surface area contributed by atoms with E-state index in [1.807, 2.05) is 55.5 Å². The molecule has 2 aromatic rings. The zero-order valence-electron chi connectivity index (χ0n) is 13.2. The van der Waals surface area contributed by atoms with Gasteiger partial charge in [0.15, 0.2) is 0 Å². The third-order valence-corrected chi connectivity index (χ3v) is 4.35. The van der Waals surface area contributed by atoms with E-state index in [0.29, 0.717) is 0 Å². The molecule has 0 saturated heterocycles. The number of halogens is 1. The van der Waals surface area contributed by atoms with Crippen molar-refractivity contribution in [3.8, 4) is 0 Å². The van der Waals surface area contributed by atoms with Crippen molar-refractivity contribution in [3.63, 3.8) is 0 Å². The Bertz CT molecular complexity index is 718. The smallest absolute Gasteiger partial charge is 0.408 e. The third kappa shape index (κ3) is 5.38. The Morgan fingerprint density at radius 2 is 1.88 bits per heavy atom. The van der Waals surface area contributed by atoms with Gasteiger partial charge in [0.1, 0.15) is 12.6 Å². The van der Waals surface area contributed by atoms with Crippen LogP contribution in [0.5, 0.6) is 0 Å². The lowest BCUT2D eigenvalue weighted by Gasteiger charge is -2.15. The van der Waals surface area contributed by atoms with Gasteiger partial charge in [-0.1, -0.05) is 58.4 Å². The lowest BCUT2D eigenvalue weighted by atomic mass is 10.0. The summed E-state index contributed by atoms with van der Waals surface area (Å²) in [6, 6.07) is 13.7. The predicted octanol–water partition coefficient (Wildman–Crippen LogP) is 3.68. The summed E-state index contributed by atoms with van der Waals surface area (Å²) < 4.78 is 6.02. The Morgan fingerprint density at radius 1 is 1.17 bits per heavy atom. The highest BCUT2D eigenvalue weighted by molar-refractivity contribution is 9.10. The molecule has 1 amide bonds. The number of rotatable bonds is 6. The van der Waals surface area contributed by atoms with Crippen LogP contribution < -0.4 is 5.32 Å². The van der Waals surface area contributed by atoms with Crippen LogP contribution in [0.4, 0.5) is 4.79 Å². The number of carbonyl (C=O) groups excluding carboxylic acids is 1. The Balaban J connectivity index is 1.93. The van der Waals surface area contributed by atoms with Crippen molar-refractivity contribution in [3.05, 3.63) is 69.7 Å². The Morgan fingerprint density at radius 3 is 2.50 bits per heavy atom. The van der Waals surface area contributed by atoms with E-state index in [1.165, 1.54) is 0 Å². The summed E-state index contributed by atoms with van der Waals surface area (Å²) in [5.74, 6) is -1.10. The number of benzene rings is 2. The molecule has 2 N–H and O–H groups in total. The molecule has 24 heavy (non-hydrogen) atoms. The molecule has 0 aliphatic rings. The molecule has 5 nitrogen and oxygen atoms in total. The van der Waals surface area contributed by atoms with Crippen molar-refractivity contribution in [1.29, 1.82) is 0 Å². The fourth-order valence-electron chi connectivity index (χ4n) is 2.18. The average molecular weight is 392 g/mol. The Labute approximate surface area is 148 Å². The molecule has 6 heteroatoms. The first-order valence-corrected chi connectivity index (χ1v) is 8.20. The van der Waals surface area contributed by atoms with Crippen LogP contribution >= 0.6 is 15.9 Å². The van der Waals surface area contributed by atoms with E-state index < -0.39 is 18.1 Å². The first-order valence-electron chi connectivity index (χ1n) is 7.41. The van der Waals surface area contributed by atoms with Gasteiger partial charge >= 0.3 is 12.1 Å².